The largest absolute Gasteiger partial charge is 0.492 e. The van der Waals surface area contributed by atoms with Crippen molar-refractivity contribution >= 4 is 34.3 Å². The summed E-state index contributed by atoms with van der Waals surface area (Å²) in [6, 6.07) is 6.49. The molecule has 0 bridgehead atoms. The molecule has 2 aromatic carbocycles. The molecule has 0 radical (unpaired) electrons. The second kappa shape index (κ2) is 8.81. The van der Waals surface area contributed by atoms with Crippen molar-refractivity contribution in [3.05, 3.63) is 52.4 Å². The van der Waals surface area contributed by atoms with Gasteiger partial charge in [-0.1, -0.05) is 0 Å². The second-order valence-corrected chi connectivity index (χ2v) is 6.34. The predicted molar refractivity (Wildman–Crippen MR) is 107 cm³/mol. The van der Waals surface area contributed by atoms with Gasteiger partial charge in [-0.15, -0.1) is 0 Å². The first-order valence-corrected chi connectivity index (χ1v) is 9.06. The summed E-state index contributed by atoms with van der Waals surface area (Å²) < 4.78 is 44.0. The van der Waals surface area contributed by atoms with Gasteiger partial charge >= 0.3 is 17.9 Å². The Morgan fingerprint density at radius 1 is 1.03 bits per heavy atom. The number of urea groups is 1. The monoisotopic (exact) mass is 437 g/mol. The molecule has 3 rings (SSSR count). The molecule has 164 valence electrons. The molecule has 31 heavy (non-hydrogen) atoms. The first kappa shape index (κ1) is 21.7. The zero-order valence-electron chi connectivity index (χ0n) is 16.1. The standard InChI is InChI=1S/C19H18F3N5O4/c1-2-31-15-6-3-10(19(20,21)22)7-14(15)27-17(29)23-9-16(28)24-11-4-5-12-13(8-11)26-18(30)25-12/h3-8H,2,9H2,1H3,(H,24,28)(H2,23,27,29)(H2,25,26,30). The van der Waals surface area contributed by atoms with Gasteiger partial charge in [0.25, 0.3) is 0 Å². The van der Waals surface area contributed by atoms with E-state index in [1.54, 1.807) is 19.1 Å². The van der Waals surface area contributed by atoms with Crippen molar-refractivity contribution in [3.8, 4) is 5.75 Å². The lowest BCUT2D eigenvalue weighted by Crippen LogP contribution is -2.35. The molecule has 9 nitrogen and oxygen atoms in total. The van der Waals surface area contributed by atoms with Crippen molar-refractivity contribution in [2.75, 3.05) is 23.8 Å². The minimum absolute atomic E-state index is 0.0592. The van der Waals surface area contributed by atoms with Crippen LogP contribution in [-0.2, 0) is 11.0 Å². The van der Waals surface area contributed by atoms with E-state index in [2.05, 4.69) is 25.9 Å². The lowest BCUT2D eigenvalue weighted by molar-refractivity contribution is -0.137. The van der Waals surface area contributed by atoms with Crippen LogP contribution in [0.1, 0.15) is 12.5 Å². The number of benzene rings is 2. The molecule has 0 atom stereocenters. The van der Waals surface area contributed by atoms with Crippen LogP contribution in [0.2, 0.25) is 0 Å². The molecule has 5 N–H and O–H groups in total. The Morgan fingerprint density at radius 2 is 1.77 bits per heavy atom. The van der Waals surface area contributed by atoms with Gasteiger partial charge in [0.1, 0.15) is 5.75 Å². The van der Waals surface area contributed by atoms with Gasteiger partial charge in [-0.25, -0.2) is 9.59 Å². The number of rotatable bonds is 6. The Labute approximate surface area is 173 Å². The summed E-state index contributed by atoms with van der Waals surface area (Å²) in [4.78, 5) is 40.5. The molecule has 0 unspecified atom stereocenters. The second-order valence-electron chi connectivity index (χ2n) is 6.34. The van der Waals surface area contributed by atoms with E-state index in [0.717, 1.165) is 18.2 Å². The van der Waals surface area contributed by atoms with Crippen LogP contribution < -0.4 is 26.4 Å². The number of aromatic amines is 2. The average Bonchev–Trinajstić information content (AvgIpc) is 3.06. The van der Waals surface area contributed by atoms with Crippen molar-refractivity contribution in [1.82, 2.24) is 15.3 Å². The van der Waals surface area contributed by atoms with Gasteiger partial charge in [-0.05, 0) is 43.3 Å². The number of alkyl halides is 3. The number of nitrogens with one attached hydrogen (secondary N) is 5. The minimum Gasteiger partial charge on any atom is -0.492 e. The number of carbonyl (C=O) groups is 2. The lowest BCUT2D eigenvalue weighted by Gasteiger charge is -2.15. The maximum absolute atomic E-state index is 12.9. The Kier molecular flexibility index (Phi) is 6.18. The molecule has 1 heterocycles. The van der Waals surface area contributed by atoms with E-state index < -0.39 is 35.9 Å². The summed E-state index contributed by atoms with van der Waals surface area (Å²) in [6.45, 7) is 1.38. The third-order valence-corrected chi connectivity index (χ3v) is 4.06. The van der Waals surface area contributed by atoms with Gasteiger partial charge in [-0.3, -0.25) is 4.79 Å². The van der Waals surface area contributed by atoms with Crippen molar-refractivity contribution in [2.24, 2.45) is 0 Å². The average molecular weight is 437 g/mol. The van der Waals surface area contributed by atoms with Gasteiger partial charge in [-0.2, -0.15) is 13.2 Å². The molecule has 1 aromatic heterocycles. The fourth-order valence-corrected chi connectivity index (χ4v) is 2.73. The maximum Gasteiger partial charge on any atom is 0.416 e. The van der Waals surface area contributed by atoms with Crippen LogP contribution in [0.25, 0.3) is 11.0 Å². The highest BCUT2D eigenvalue weighted by Gasteiger charge is 2.31. The zero-order chi connectivity index (χ0) is 22.6. The van der Waals surface area contributed by atoms with E-state index in [4.69, 9.17) is 4.74 Å². The number of halogens is 3. The summed E-state index contributed by atoms with van der Waals surface area (Å²) >= 11 is 0. The Bertz CT molecular complexity index is 1170. The molecule has 0 saturated heterocycles. The number of aromatic nitrogens is 2. The molecular formula is C19H18F3N5O4. The van der Waals surface area contributed by atoms with Gasteiger partial charge in [0.05, 0.1) is 35.4 Å². The van der Waals surface area contributed by atoms with Crippen LogP contribution in [0, 0.1) is 0 Å². The van der Waals surface area contributed by atoms with Crippen LogP contribution in [0.3, 0.4) is 0 Å². The molecule has 0 aliphatic rings. The fraction of sp³-hybridized carbons (Fsp3) is 0.211. The topological polar surface area (TPSA) is 128 Å². The Morgan fingerprint density at radius 3 is 2.48 bits per heavy atom. The van der Waals surface area contributed by atoms with E-state index in [-0.39, 0.29) is 18.0 Å². The van der Waals surface area contributed by atoms with Crippen LogP contribution in [0.4, 0.5) is 29.3 Å². The van der Waals surface area contributed by atoms with Crippen molar-refractivity contribution in [3.63, 3.8) is 0 Å². The van der Waals surface area contributed by atoms with Gasteiger partial charge < -0.3 is 30.7 Å². The Hall–Kier alpha value is -3.96. The first-order chi connectivity index (χ1) is 14.7. The number of anilines is 2. The Balaban J connectivity index is 1.61. The van der Waals surface area contributed by atoms with E-state index in [1.165, 1.54) is 6.07 Å². The molecule has 0 aliphatic heterocycles. The van der Waals surface area contributed by atoms with Crippen LogP contribution in [0.5, 0.6) is 5.75 Å². The highest BCUT2D eigenvalue weighted by atomic mass is 19.4. The number of carbonyl (C=O) groups excluding carboxylic acids is 2. The van der Waals surface area contributed by atoms with E-state index in [0.29, 0.717) is 16.7 Å². The molecule has 12 heteroatoms. The highest BCUT2D eigenvalue weighted by Crippen LogP contribution is 2.35. The lowest BCUT2D eigenvalue weighted by atomic mass is 10.2. The van der Waals surface area contributed by atoms with Crippen LogP contribution in [-0.4, -0.2) is 35.1 Å². The first-order valence-electron chi connectivity index (χ1n) is 9.06. The molecule has 3 amide bonds. The number of hydrogen-bond donors (Lipinski definition) is 5. The zero-order valence-corrected chi connectivity index (χ0v) is 16.1. The van der Waals surface area contributed by atoms with Gasteiger partial charge in [0.2, 0.25) is 5.91 Å². The molecule has 0 spiro atoms. The SMILES string of the molecule is CCOc1ccc(C(F)(F)F)cc1NC(=O)NCC(=O)Nc1ccc2[nH]c(=O)[nH]c2c1. The van der Waals surface area contributed by atoms with Gasteiger partial charge in [0.15, 0.2) is 0 Å². The summed E-state index contributed by atoms with van der Waals surface area (Å²) in [5.41, 5.74) is -0.101. The minimum atomic E-state index is -4.59. The summed E-state index contributed by atoms with van der Waals surface area (Å²) in [6.07, 6.45) is -4.59. The van der Waals surface area contributed by atoms with Crippen molar-refractivity contribution in [2.45, 2.75) is 13.1 Å². The number of H-pyrrole nitrogens is 2. The molecular weight excluding hydrogens is 419 g/mol. The number of hydrogen-bond acceptors (Lipinski definition) is 4. The van der Waals surface area contributed by atoms with E-state index in [1.807, 2.05) is 0 Å². The smallest absolute Gasteiger partial charge is 0.416 e. The van der Waals surface area contributed by atoms with E-state index in [9.17, 15) is 27.6 Å². The fourth-order valence-electron chi connectivity index (χ4n) is 2.73. The van der Waals surface area contributed by atoms with Crippen LogP contribution in [0.15, 0.2) is 41.2 Å². The third-order valence-electron chi connectivity index (χ3n) is 4.06. The number of amides is 3. The van der Waals surface area contributed by atoms with Crippen molar-refractivity contribution in [1.29, 1.82) is 0 Å². The third kappa shape index (κ3) is 5.56. The van der Waals surface area contributed by atoms with E-state index >= 15 is 0 Å². The maximum atomic E-state index is 12.9. The number of imidazole rings is 1. The molecule has 0 aliphatic carbocycles. The molecule has 0 saturated carbocycles. The van der Waals surface area contributed by atoms with Crippen LogP contribution >= 0.6 is 0 Å². The summed E-state index contributed by atoms with van der Waals surface area (Å²) in [5.74, 6) is -0.523. The highest BCUT2D eigenvalue weighted by molar-refractivity contribution is 5.98. The normalized spacial score (nSPS) is 11.2. The number of fused-ring (bicyclic) bond motifs is 1. The summed E-state index contributed by atoms with van der Waals surface area (Å²) in [5, 5.41) is 7.04. The molecule has 0 fully saturated rings. The molecule has 3 aromatic rings. The predicted octanol–water partition coefficient (Wildman–Crippen LogP) is 3.03. The van der Waals surface area contributed by atoms with Gasteiger partial charge in [0, 0.05) is 5.69 Å². The number of ether oxygens (including phenoxy) is 1. The van der Waals surface area contributed by atoms with Crippen molar-refractivity contribution < 1.29 is 27.5 Å². The summed E-state index contributed by atoms with van der Waals surface area (Å²) in [7, 11) is 0. The quantitative estimate of drug-likeness (QED) is 0.406.